The van der Waals surface area contributed by atoms with Gasteiger partial charge in [0.05, 0.1) is 21.5 Å². The van der Waals surface area contributed by atoms with E-state index in [0.717, 1.165) is 41.3 Å². The van der Waals surface area contributed by atoms with Gasteiger partial charge in [0.15, 0.2) is 17.1 Å². The zero-order valence-corrected chi connectivity index (χ0v) is 21.4. The van der Waals surface area contributed by atoms with Crippen molar-refractivity contribution in [2.24, 2.45) is 0 Å². The van der Waals surface area contributed by atoms with Gasteiger partial charge in [-0.2, -0.15) is 9.90 Å². The Labute approximate surface area is 229 Å². The second kappa shape index (κ2) is 9.29. The number of halogens is 2. The van der Waals surface area contributed by atoms with Crippen molar-refractivity contribution in [2.75, 3.05) is 0 Å². The fraction of sp³-hybridized carbons (Fsp3) is 0.167. The average molecular weight is 563 g/mol. The van der Waals surface area contributed by atoms with E-state index in [9.17, 15) is 5.21 Å². The zero-order valence-electron chi connectivity index (χ0n) is 19.9. The third-order valence-electron chi connectivity index (χ3n) is 6.43. The third kappa shape index (κ3) is 4.02. The van der Waals surface area contributed by atoms with E-state index in [1.807, 2.05) is 30.3 Å². The van der Waals surface area contributed by atoms with E-state index in [2.05, 4.69) is 35.9 Å². The van der Waals surface area contributed by atoms with Crippen molar-refractivity contribution in [1.29, 1.82) is 0 Å². The van der Waals surface area contributed by atoms with Gasteiger partial charge in [0.2, 0.25) is 0 Å². The standard InChI is InChI=1S/C12H7Cl2N5O2.C12H9N5O/c13-6-1-3-9(7(14)5-6)18-15-12-10(19(18)20)4-2-8-11(12)17-21-16-8;1-2-4-8(5-3-1)17-13-9-6-7-10-12(11(9)14-17)16-18-15-10/h1,3,5H,2,4H2;1-5H,6-7H2. The summed E-state index contributed by atoms with van der Waals surface area (Å²) in [5.41, 5.74) is 6.89. The van der Waals surface area contributed by atoms with Crippen molar-refractivity contribution in [2.45, 2.75) is 25.7 Å². The number of rotatable bonds is 2. The van der Waals surface area contributed by atoms with Crippen molar-refractivity contribution in [1.82, 2.24) is 45.5 Å². The maximum absolute atomic E-state index is 12.4. The Bertz CT molecular complexity index is 1820. The van der Waals surface area contributed by atoms with E-state index >= 15 is 0 Å². The van der Waals surface area contributed by atoms with E-state index in [0.29, 0.717) is 56.2 Å². The molecule has 0 amide bonds. The first-order valence-corrected chi connectivity index (χ1v) is 12.6. The highest BCUT2D eigenvalue weighted by atomic mass is 35.5. The van der Waals surface area contributed by atoms with E-state index < -0.39 is 0 Å². The van der Waals surface area contributed by atoms with Gasteiger partial charge >= 0.3 is 0 Å². The summed E-state index contributed by atoms with van der Waals surface area (Å²) in [6.07, 6.45) is 2.74. The molecule has 4 heterocycles. The lowest BCUT2D eigenvalue weighted by Crippen LogP contribution is -2.40. The second-order valence-electron chi connectivity index (χ2n) is 8.79. The molecule has 0 bridgehead atoms. The smallest absolute Gasteiger partial charge is 0.276 e. The molecule has 0 aliphatic heterocycles. The van der Waals surface area contributed by atoms with Crippen LogP contribution in [0.15, 0.2) is 57.8 Å². The maximum atomic E-state index is 12.4. The minimum Gasteiger partial charge on any atom is -0.692 e. The number of aromatic nitrogens is 10. The average Bonchev–Trinajstić information content (AvgIpc) is 3.74. The summed E-state index contributed by atoms with van der Waals surface area (Å²) in [7, 11) is 0. The van der Waals surface area contributed by atoms with Gasteiger partial charge in [-0.1, -0.05) is 51.7 Å². The summed E-state index contributed by atoms with van der Waals surface area (Å²) in [5, 5.41) is 41.9. The quantitative estimate of drug-likeness (QED) is 0.226. The van der Waals surface area contributed by atoms with Gasteiger partial charge in [-0.25, -0.2) is 9.26 Å². The van der Waals surface area contributed by atoms with Crippen LogP contribution in [0.1, 0.15) is 22.8 Å². The fourth-order valence-electron chi connectivity index (χ4n) is 4.53. The Balaban J connectivity index is 0.000000131. The number of hydrogen-bond acceptors (Lipinski definition) is 10. The maximum Gasteiger partial charge on any atom is 0.276 e. The third-order valence-corrected chi connectivity index (χ3v) is 6.96. The summed E-state index contributed by atoms with van der Waals surface area (Å²) < 4.78 is 9.48. The van der Waals surface area contributed by atoms with Gasteiger partial charge in [-0.05, 0) is 51.9 Å². The van der Waals surface area contributed by atoms with Crippen molar-refractivity contribution in [3.05, 3.63) is 86.6 Å². The molecule has 2 aromatic carbocycles. The summed E-state index contributed by atoms with van der Waals surface area (Å²) in [6, 6.07) is 14.7. The number of hydrogen-bond donors (Lipinski definition) is 0. The predicted molar refractivity (Wildman–Crippen MR) is 135 cm³/mol. The number of para-hydroxylation sites is 1. The molecule has 39 heavy (non-hydrogen) atoms. The Morgan fingerprint density at radius 1 is 0.718 bits per heavy atom. The van der Waals surface area contributed by atoms with Crippen LogP contribution in [0.5, 0.6) is 0 Å². The minimum atomic E-state index is 0.338. The molecular weight excluding hydrogens is 547 g/mol. The van der Waals surface area contributed by atoms with Crippen molar-refractivity contribution >= 4 is 23.2 Å². The Morgan fingerprint density at radius 3 is 2.15 bits per heavy atom. The first-order chi connectivity index (χ1) is 19.1. The largest absolute Gasteiger partial charge is 0.692 e. The Kier molecular flexibility index (Phi) is 5.60. The number of nitrogens with zero attached hydrogens (tertiary/aromatic N) is 10. The normalized spacial score (nSPS) is 13.1. The molecule has 0 saturated heterocycles. The molecule has 2 aliphatic rings. The Morgan fingerprint density at radius 2 is 1.41 bits per heavy atom. The molecule has 13 nitrogen and oxygen atoms in total. The first-order valence-electron chi connectivity index (χ1n) is 11.9. The molecule has 8 rings (SSSR count). The van der Waals surface area contributed by atoms with Crippen molar-refractivity contribution in [3.63, 3.8) is 0 Å². The minimum absolute atomic E-state index is 0.338. The van der Waals surface area contributed by atoms with Crippen LogP contribution in [0.4, 0.5) is 0 Å². The zero-order chi connectivity index (χ0) is 26.5. The number of benzene rings is 2. The summed E-state index contributed by atoms with van der Waals surface area (Å²) in [6.45, 7) is 0. The summed E-state index contributed by atoms with van der Waals surface area (Å²) in [5.74, 6) is 0. The van der Waals surface area contributed by atoms with E-state index in [1.165, 1.54) is 4.80 Å². The lowest BCUT2D eigenvalue weighted by molar-refractivity contribution is -0.695. The van der Waals surface area contributed by atoms with Gasteiger partial charge in [0.25, 0.3) is 5.69 Å². The summed E-state index contributed by atoms with van der Waals surface area (Å²) >= 11 is 12.0. The van der Waals surface area contributed by atoms with Crippen molar-refractivity contribution in [3.8, 4) is 34.2 Å². The van der Waals surface area contributed by atoms with E-state index in [1.54, 1.807) is 23.0 Å². The number of aryl methyl sites for hydroxylation is 3. The predicted octanol–water partition coefficient (Wildman–Crippen LogP) is 3.38. The molecule has 0 radical (unpaired) electrons. The highest BCUT2D eigenvalue weighted by Crippen LogP contribution is 2.30. The molecular formula is C24H16Cl2N10O3. The SMILES string of the molecule is [O-][n+]1c2c(nn1-c1ccc(Cl)cc1Cl)-c1nonc1CC2.c1ccc(-n2nc3c(n2)-c2nonc2CC3)cc1. The van der Waals surface area contributed by atoms with Crippen LogP contribution in [-0.2, 0) is 25.7 Å². The van der Waals surface area contributed by atoms with Crippen LogP contribution in [0.2, 0.25) is 10.0 Å². The second-order valence-corrected chi connectivity index (χ2v) is 9.64. The van der Waals surface area contributed by atoms with Gasteiger partial charge in [-0.3, -0.25) is 0 Å². The fourth-order valence-corrected chi connectivity index (χ4v) is 5.02. The number of fused-ring (bicyclic) bond motifs is 6. The van der Waals surface area contributed by atoms with Gasteiger partial charge in [0.1, 0.15) is 22.8 Å². The molecule has 4 aromatic heterocycles. The molecule has 6 aromatic rings. The van der Waals surface area contributed by atoms with Crippen molar-refractivity contribution < 1.29 is 14.1 Å². The molecule has 194 valence electrons. The van der Waals surface area contributed by atoms with E-state index in [4.69, 9.17) is 32.5 Å². The lowest BCUT2D eigenvalue weighted by atomic mass is 10.0. The summed E-state index contributed by atoms with van der Waals surface area (Å²) in [4.78, 5) is 3.53. The molecule has 15 heteroatoms. The van der Waals surface area contributed by atoms with Crippen LogP contribution >= 0.6 is 23.2 Å². The monoisotopic (exact) mass is 562 g/mol. The van der Waals surface area contributed by atoms with Gasteiger partial charge in [-0.15, -0.1) is 9.94 Å². The molecule has 0 unspecified atom stereocenters. The van der Waals surface area contributed by atoms with Gasteiger partial charge in [0, 0.05) is 24.3 Å². The van der Waals surface area contributed by atoms with Crippen LogP contribution < -0.4 is 4.85 Å². The molecule has 0 saturated carbocycles. The van der Waals surface area contributed by atoms with Crippen LogP contribution in [0.25, 0.3) is 34.2 Å². The molecule has 2 aliphatic carbocycles. The highest BCUT2D eigenvalue weighted by Gasteiger charge is 2.34. The van der Waals surface area contributed by atoms with Crippen LogP contribution in [0.3, 0.4) is 0 Å². The molecule has 0 spiro atoms. The highest BCUT2D eigenvalue weighted by molar-refractivity contribution is 6.35. The van der Waals surface area contributed by atoms with Crippen LogP contribution in [0, 0.1) is 5.21 Å². The molecule has 0 atom stereocenters. The Hall–Kier alpha value is -4.62. The first kappa shape index (κ1) is 23.5. The van der Waals surface area contributed by atoms with Crippen LogP contribution in [-0.4, -0.2) is 45.5 Å². The van der Waals surface area contributed by atoms with Gasteiger partial charge < -0.3 is 5.21 Å². The lowest BCUT2D eigenvalue weighted by Gasteiger charge is -2.08. The molecule has 0 N–H and O–H groups in total. The van der Waals surface area contributed by atoms with E-state index in [-0.39, 0.29) is 0 Å². The topological polar surface area (TPSA) is 153 Å². The molecule has 0 fully saturated rings.